The summed E-state index contributed by atoms with van der Waals surface area (Å²) in [5.74, 6) is -0.735. The highest BCUT2D eigenvalue weighted by molar-refractivity contribution is 7.90. The fraction of sp³-hybridized carbons (Fsp3) is 0.542. The predicted molar refractivity (Wildman–Crippen MR) is 134 cm³/mol. The topological polar surface area (TPSA) is 145 Å². The first-order valence-corrected chi connectivity index (χ1v) is 13.6. The minimum atomic E-state index is -3.57. The molecule has 192 valence electrons. The minimum Gasteiger partial charge on any atom is -0.492 e. The largest absolute Gasteiger partial charge is 0.492 e. The number of amides is 2. The summed E-state index contributed by atoms with van der Waals surface area (Å²) in [7, 11) is -3.57. The summed E-state index contributed by atoms with van der Waals surface area (Å²) in [6, 6.07) is 4.16. The van der Waals surface area contributed by atoms with Gasteiger partial charge in [0.05, 0.1) is 34.0 Å². The van der Waals surface area contributed by atoms with Gasteiger partial charge in [-0.05, 0) is 36.5 Å². The molecule has 10 nitrogen and oxygen atoms in total. The van der Waals surface area contributed by atoms with Crippen LogP contribution in [0.5, 0.6) is 5.75 Å². The molecule has 0 radical (unpaired) electrons. The summed E-state index contributed by atoms with van der Waals surface area (Å²) in [4.78, 5) is 26.1. The Hall–Kier alpha value is -2.92. The third kappa shape index (κ3) is 5.20. The molecule has 1 aliphatic heterocycles. The number of anilines is 1. The van der Waals surface area contributed by atoms with E-state index in [9.17, 15) is 18.0 Å². The number of aromatic nitrogens is 2. The molecule has 2 heterocycles. The van der Waals surface area contributed by atoms with Crippen LogP contribution < -0.4 is 21.1 Å². The van der Waals surface area contributed by atoms with Gasteiger partial charge in [0, 0.05) is 19.3 Å². The standard InChI is InChI=1S/C24H35N5O5S/c1-7-18-20(21(22(25)30)29(28-18)24(15(4)5)12-26-13-24)27-23(31)17-10-16(35(6,32)33)8-9-19(17)34-11-14(2)3/h8-10,14-15,26H,7,11-13H2,1-6H3,(H2,25,30)(H,27,31). The number of nitrogens with one attached hydrogen (secondary N) is 2. The Labute approximate surface area is 206 Å². The van der Waals surface area contributed by atoms with Crippen molar-refractivity contribution in [2.75, 3.05) is 31.3 Å². The Morgan fingerprint density at radius 2 is 1.91 bits per heavy atom. The number of carbonyl (C=O) groups excluding carboxylic acids is 2. The van der Waals surface area contributed by atoms with Crippen LogP contribution in [0.2, 0.25) is 0 Å². The van der Waals surface area contributed by atoms with E-state index in [1.165, 1.54) is 18.2 Å². The van der Waals surface area contributed by atoms with Gasteiger partial charge >= 0.3 is 0 Å². The number of hydrogen-bond donors (Lipinski definition) is 3. The highest BCUT2D eigenvalue weighted by atomic mass is 32.2. The van der Waals surface area contributed by atoms with Crippen LogP contribution in [0.25, 0.3) is 0 Å². The zero-order chi connectivity index (χ0) is 26.1. The molecular formula is C24H35N5O5S. The molecule has 0 spiro atoms. The van der Waals surface area contributed by atoms with Crippen molar-refractivity contribution < 1.29 is 22.7 Å². The maximum atomic E-state index is 13.5. The summed E-state index contributed by atoms with van der Waals surface area (Å²) in [5, 5.41) is 10.7. The lowest BCUT2D eigenvalue weighted by molar-refractivity contribution is 0.0809. The van der Waals surface area contributed by atoms with Gasteiger partial charge in [-0.1, -0.05) is 34.6 Å². The fourth-order valence-corrected chi connectivity index (χ4v) is 4.70. The van der Waals surface area contributed by atoms with E-state index < -0.39 is 27.2 Å². The van der Waals surface area contributed by atoms with Gasteiger partial charge in [0.2, 0.25) is 0 Å². The molecule has 1 aliphatic rings. The summed E-state index contributed by atoms with van der Waals surface area (Å²) in [6.07, 6.45) is 1.52. The smallest absolute Gasteiger partial charge is 0.269 e. The number of nitrogens with zero attached hydrogens (tertiary/aromatic N) is 2. The van der Waals surface area contributed by atoms with Crippen molar-refractivity contribution in [1.29, 1.82) is 0 Å². The van der Waals surface area contributed by atoms with Crippen LogP contribution in [-0.4, -0.2) is 56.0 Å². The van der Waals surface area contributed by atoms with E-state index in [1.54, 1.807) is 4.68 Å². The number of ether oxygens (including phenoxy) is 1. The van der Waals surface area contributed by atoms with Gasteiger partial charge < -0.3 is 21.1 Å². The Balaban J connectivity index is 2.11. The van der Waals surface area contributed by atoms with Gasteiger partial charge in [-0.2, -0.15) is 5.10 Å². The first-order chi connectivity index (χ1) is 16.3. The van der Waals surface area contributed by atoms with E-state index in [2.05, 4.69) is 15.7 Å². The number of hydrogen-bond acceptors (Lipinski definition) is 7. The van der Waals surface area contributed by atoms with Crippen LogP contribution >= 0.6 is 0 Å². The van der Waals surface area contributed by atoms with Gasteiger partial charge in [0.25, 0.3) is 11.8 Å². The molecular weight excluding hydrogens is 470 g/mol. The van der Waals surface area contributed by atoms with Gasteiger partial charge in [-0.15, -0.1) is 0 Å². The second-order valence-electron chi connectivity index (χ2n) is 9.75. The molecule has 4 N–H and O–H groups in total. The summed E-state index contributed by atoms with van der Waals surface area (Å²) in [6.45, 7) is 11.5. The zero-order valence-corrected chi connectivity index (χ0v) is 22.0. The molecule has 3 rings (SSSR count). The average Bonchev–Trinajstić information content (AvgIpc) is 3.08. The molecule has 1 saturated heterocycles. The lowest BCUT2D eigenvalue weighted by Gasteiger charge is -2.46. The van der Waals surface area contributed by atoms with Gasteiger partial charge in [0.1, 0.15) is 5.75 Å². The zero-order valence-electron chi connectivity index (χ0n) is 21.1. The van der Waals surface area contributed by atoms with Crippen molar-refractivity contribution >= 4 is 27.3 Å². The molecule has 0 unspecified atom stereocenters. The van der Waals surface area contributed by atoms with Gasteiger partial charge in [-0.25, -0.2) is 13.1 Å². The van der Waals surface area contributed by atoms with Crippen molar-refractivity contribution in [3.63, 3.8) is 0 Å². The number of aryl methyl sites for hydroxylation is 1. The summed E-state index contributed by atoms with van der Waals surface area (Å²) in [5.41, 5.74) is 6.26. The number of carbonyl (C=O) groups is 2. The van der Waals surface area contributed by atoms with Gasteiger partial charge in [-0.3, -0.25) is 9.59 Å². The number of rotatable bonds is 10. The number of benzene rings is 1. The molecule has 1 fully saturated rings. The maximum absolute atomic E-state index is 13.5. The Morgan fingerprint density at radius 3 is 2.37 bits per heavy atom. The number of sulfone groups is 1. The molecule has 0 aliphatic carbocycles. The van der Waals surface area contributed by atoms with Gasteiger partial charge in [0.15, 0.2) is 15.5 Å². The molecule has 1 aromatic carbocycles. The lowest BCUT2D eigenvalue weighted by Crippen LogP contribution is -2.64. The Morgan fingerprint density at radius 1 is 1.26 bits per heavy atom. The molecule has 2 amide bonds. The summed E-state index contributed by atoms with van der Waals surface area (Å²) >= 11 is 0. The van der Waals surface area contributed by atoms with E-state index >= 15 is 0 Å². The van der Waals surface area contributed by atoms with Crippen molar-refractivity contribution in [1.82, 2.24) is 15.1 Å². The third-order valence-corrected chi connectivity index (χ3v) is 7.43. The SMILES string of the molecule is CCc1nn(C2(C(C)C)CNC2)c(C(N)=O)c1NC(=O)c1cc(S(C)(=O)=O)ccc1OCC(C)C. The Kier molecular flexibility index (Phi) is 7.61. The summed E-state index contributed by atoms with van der Waals surface area (Å²) < 4.78 is 31.7. The maximum Gasteiger partial charge on any atom is 0.269 e. The van der Waals surface area contributed by atoms with Crippen LogP contribution in [0.15, 0.2) is 23.1 Å². The molecule has 0 saturated carbocycles. The monoisotopic (exact) mass is 505 g/mol. The van der Waals surface area contributed by atoms with Crippen molar-refractivity contribution in [3.05, 3.63) is 35.2 Å². The highest BCUT2D eigenvalue weighted by Gasteiger charge is 2.46. The lowest BCUT2D eigenvalue weighted by atomic mass is 9.81. The average molecular weight is 506 g/mol. The molecule has 35 heavy (non-hydrogen) atoms. The van der Waals surface area contributed by atoms with Crippen LogP contribution in [0.4, 0.5) is 5.69 Å². The predicted octanol–water partition coefficient (Wildman–Crippen LogP) is 2.19. The minimum absolute atomic E-state index is 0.0135. The van der Waals surface area contributed by atoms with Crippen LogP contribution in [-0.2, 0) is 21.8 Å². The van der Waals surface area contributed by atoms with Crippen molar-refractivity contribution in [2.24, 2.45) is 17.6 Å². The van der Waals surface area contributed by atoms with Crippen LogP contribution in [0.3, 0.4) is 0 Å². The third-order valence-electron chi connectivity index (χ3n) is 6.32. The normalized spacial score (nSPS) is 15.2. The van der Waals surface area contributed by atoms with E-state index in [-0.39, 0.29) is 39.4 Å². The molecule has 0 atom stereocenters. The van der Waals surface area contributed by atoms with E-state index in [0.29, 0.717) is 31.8 Å². The fourth-order valence-electron chi connectivity index (χ4n) is 4.06. The quantitative estimate of drug-likeness (QED) is 0.449. The molecule has 11 heteroatoms. The van der Waals surface area contributed by atoms with E-state index in [1.807, 2.05) is 34.6 Å². The van der Waals surface area contributed by atoms with Crippen LogP contribution in [0.1, 0.15) is 61.2 Å². The first kappa shape index (κ1) is 26.7. The number of primary amides is 1. The van der Waals surface area contributed by atoms with E-state index in [0.717, 1.165) is 6.26 Å². The first-order valence-electron chi connectivity index (χ1n) is 11.7. The van der Waals surface area contributed by atoms with Crippen LogP contribution in [0, 0.1) is 11.8 Å². The van der Waals surface area contributed by atoms with Crippen molar-refractivity contribution in [2.45, 2.75) is 51.5 Å². The number of nitrogens with two attached hydrogens (primary N) is 1. The van der Waals surface area contributed by atoms with Crippen molar-refractivity contribution in [3.8, 4) is 5.75 Å². The second-order valence-corrected chi connectivity index (χ2v) is 11.8. The highest BCUT2D eigenvalue weighted by Crippen LogP contribution is 2.35. The molecule has 2 aromatic rings. The Bertz CT molecular complexity index is 1230. The second kappa shape index (κ2) is 9.98. The molecule has 1 aromatic heterocycles. The van der Waals surface area contributed by atoms with E-state index in [4.69, 9.17) is 10.5 Å². The molecule has 0 bridgehead atoms.